The van der Waals surface area contributed by atoms with Crippen molar-refractivity contribution in [3.63, 3.8) is 0 Å². The fraction of sp³-hybridized carbons (Fsp3) is 0.310. The fourth-order valence-corrected chi connectivity index (χ4v) is 4.49. The van der Waals surface area contributed by atoms with Gasteiger partial charge in [-0.05, 0) is 69.3 Å². The number of ether oxygens (including phenoxy) is 2. The number of likely N-dealkylation sites (tertiary alicyclic amines) is 1. The number of aromatic hydroxyl groups is 1. The topological polar surface area (TPSA) is 118 Å². The summed E-state index contributed by atoms with van der Waals surface area (Å²) in [5, 5.41) is 15.2. The molecular weight excluding hydrogens is 522 g/mol. The molecule has 1 saturated heterocycles. The Morgan fingerprint density at radius 2 is 1.87 bits per heavy atom. The van der Waals surface area contributed by atoms with E-state index >= 15 is 0 Å². The first-order valence-electron chi connectivity index (χ1n) is 12.5. The van der Waals surface area contributed by atoms with E-state index in [1.54, 1.807) is 32.9 Å². The molecule has 1 aliphatic heterocycles. The summed E-state index contributed by atoms with van der Waals surface area (Å²) in [6.45, 7) is 5.66. The van der Waals surface area contributed by atoms with Crippen molar-refractivity contribution in [1.29, 1.82) is 0 Å². The van der Waals surface area contributed by atoms with Gasteiger partial charge >= 0.3 is 5.97 Å². The molecule has 0 aromatic heterocycles. The molecule has 1 aliphatic rings. The van der Waals surface area contributed by atoms with E-state index in [1.807, 2.05) is 24.3 Å². The van der Waals surface area contributed by atoms with Crippen LogP contribution in [0.15, 0.2) is 59.7 Å². The second-order valence-corrected chi connectivity index (χ2v) is 10.5. The molecule has 3 aromatic carbocycles. The van der Waals surface area contributed by atoms with Crippen LogP contribution in [0.3, 0.4) is 0 Å². The predicted octanol–water partition coefficient (Wildman–Crippen LogP) is 4.67. The lowest BCUT2D eigenvalue weighted by atomic mass is 10.0. The third-order valence-electron chi connectivity index (χ3n) is 6.10. The number of nitrogens with one attached hydrogen (secondary N) is 1. The van der Waals surface area contributed by atoms with E-state index in [1.165, 1.54) is 29.3 Å². The van der Waals surface area contributed by atoms with Gasteiger partial charge in [-0.3, -0.25) is 9.59 Å². The first kappa shape index (κ1) is 27.9. The number of phenols is 1. The smallest absolute Gasteiger partial charge is 0.329 e. The first-order valence-corrected chi connectivity index (χ1v) is 12.9. The van der Waals surface area contributed by atoms with Crippen molar-refractivity contribution >= 4 is 46.4 Å². The van der Waals surface area contributed by atoms with Gasteiger partial charge in [0, 0.05) is 23.1 Å². The molecule has 10 heteroatoms. The van der Waals surface area contributed by atoms with E-state index in [-0.39, 0.29) is 28.8 Å². The van der Waals surface area contributed by atoms with Crippen LogP contribution in [0.5, 0.6) is 11.5 Å². The predicted molar refractivity (Wildman–Crippen MR) is 148 cm³/mol. The minimum atomic E-state index is -0.628. The quantitative estimate of drug-likeness (QED) is 0.250. The first-order chi connectivity index (χ1) is 18.5. The Labute approximate surface area is 231 Å². The number of carbonyl (C=O) groups is 3. The number of nitrogens with zero attached hydrogens (tertiary/aromatic N) is 2. The van der Waals surface area contributed by atoms with E-state index < -0.39 is 23.5 Å². The fourth-order valence-electron chi connectivity index (χ4n) is 4.31. The minimum Gasteiger partial charge on any atom is -0.506 e. The molecule has 4 rings (SSSR count). The number of fused-ring (bicyclic) bond motifs is 1. The van der Waals surface area contributed by atoms with Crippen LogP contribution >= 0.6 is 11.6 Å². The third-order valence-corrected chi connectivity index (χ3v) is 6.40. The van der Waals surface area contributed by atoms with Gasteiger partial charge in [-0.15, -0.1) is 0 Å². The molecule has 0 radical (unpaired) electrons. The highest BCUT2D eigenvalue weighted by Crippen LogP contribution is 2.29. The largest absolute Gasteiger partial charge is 0.506 e. The van der Waals surface area contributed by atoms with E-state index in [2.05, 4.69) is 10.5 Å². The third kappa shape index (κ3) is 6.86. The average molecular weight is 552 g/mol. The summed E-state index contributed by atoms with van der Waals surface area (Å²) in [5.74, 6) is -0.775. The molecule has 39 heavy (non-hydrogen) atoms. The number of amides is 2. The van der Waals surface area contributed by atoms with Crippen LogP contribution in [-0.4, -0.2) is 58.8 Å². The second kappa shape index (κ2) is 11.7. The molecule has 204 valence electrons. The maximum Gasteiger partial charge on any atom is 0.329 e. The number of hydrogen-bond donors (Lipinski definition) is 2. The van der Waals surface area contributed by atoms with Crippen LogP contribution in [0.25, 0.3) is 10.8 Å². The molecule has 3 aromatic rings. The van der Waals surface area contributed by atoms with Crippen molar-refractivity contribution in [3.8, 4) is 11.5 Å². The SMILES string of the molecule is CC(C)(C)OC(=O)C1CCCN1C(=O)COc1ccc(/C=N/NC(=O)c2ccc(O)c(Cl)c2)c2ccccc12. The van der Waals surface area contributed by atoms with Crippen LogP contribution in [-0.2, 0) is 14.3 Å². The van der Waals surface area contributed by atoms with Gasteiger partial charge in [-0.25, -0.2) is 10.2 Å². The Bertz CT molecular complexity index is 1430. The molecule has 0 aliphatic carbocycles. The highest BCUT2D eigenvalue weighted by atomic mass is 35.5. The maximum absolute atomic E-state index is 13.0. The van der Waals surface area contributed by atoms with Gasteiger partial charge in [-0.1, -0.05) is 35.9 Å². The molecule has 0 bridgehead atoms. The van der Waals surface area contributed by atoms with Crippen molar-refractivity contribution in [3.05, 3.63) is 70.7 Å². The summed E-state index contributed by atoms with van der Waals surface area (Å²) in [4.78, 5) is 39.4. The normalized spacial score (nSPS) is 15.5. The standard InChI is InChI=1S/C29H30ClN3O6/c1-29(2,3)39-28(37)23-9-6-14-33(23)26(35)17-38-25-13-11-19(20-7-4-5-8-21(20)25)16-31-32-27(36)18-10-12-24(34)22(30)15-18/h4-5,7-8,10-13,15-16,23,34H,6,9,14,17H2,1-3H3,(H,32,36)/b31-16+. The van der Waals surface area contributed by atoms with Crippen LogP contribution in [0, 0.1) is 0 Å². The van der Waals surface area contributed by atoms with Gasteiger partial charge in [0.1, 0.15) is 23.1 Å². The van der Waals surface area contributed by atoms with Crippen molar-refractivity contribution in [2.75, 3.05) is 13.2 Å². The molecule has 0 saturated carbocycles. The van der Waals surface area contributed by atoms with Crippen molar-refractivity contribution in [2.24, 2.45) is 5.10 Å². The lowest BCUT2D eigenvalue weighted by molar-refractivity contribution is -0.163. The van der Waals surface area contributed by atoms with Gasteiger partial charge in [-0.2, -0.15) is 5.10 Å². The number of hydrogen-bond acceptors (Lipinski definition) is 7. The Kier molecular flexibility index (Phi) is 8.40. The second-order valence-electron chi connectivity index (χ2n) is 10.1. The number of rotatable bonds is 7. The molecule has 2 N–H and O–H groups in total. The van der Waals surface area contributed by atoms with E-state index in [4.69, 9.17) is 21.1 Å². The Balaban J connectivity index is 1.43. The lowest BCUT2D eigenvalue weighted by Crippen LogP contribution is -2.45. The number of benzene rings is 3. The zero-order valence-corrected chi connectivity index (χ0v) is 22.7. The molecule has 1 heterocycles. The lowest BCUT2D eigenvalue weighted by Gasteiger charge is -2.27. The van der Waals surface area contributed by atoms with Gasteiger partial charge in [0.25, 0.3) is 11.8 Å². The molecule has 1 unspecified atom stereocenters. The summed E-state index contributed by atoms with van der Waals surface area (Å²) in [7, 11) is 0. The van der Waals surface area contributed by atoms with Crippen LogP contribution in [0.4, 0.5) is 0 Å². The zero-order valence-electron chi connectivity index (χ0n) is 21.9. The Hall–Kier alpha value is -4.11. The molecule has 1 fully saturated rings. The highest BCUT2D eigenvalue weighted by molar-refractivity contribution is 6.32. The minimum absolute atomic E-state index is 0.0665. The number of esters is 1. The molecule has 9 nitrogen and oxygen atoms in total. The van der Waals surface area contributed by atoms with E-state index in [9.17, 15) is 19.5 Å². The summed E-state index contributed by atoms with van der Waals surface area (Å²) < 4.78 is 11.4. The van der Waals surface area contributed by atoms with Crippen molar-refractivity contribution < 1.29 is 29.0 Å². The van der Waals surface area contributed by atoms with Gasteiger partial charge in [0.15, 0.2) is 6.61 Å². The maximum atomic E-state index is 13.0. The highest BCUT2D eigenvalue weighted by Gasteiger charge is 2.37. The number of halogens is 1. The van der Waals surface area contributed by atoms with E-state index in [0.29, 0.717) is 18.7 Å². The molecule has 1 atom stereocenters. The average Bonchev–Trinajstić information content (AvgIpc) is 3.39. The summed E-state index contributed by atoms with van der Waals surface area (Å²) in [5.41, 5.74) is 2.79. The molecule has 0 spiro atoms. The Morgan fingerprint density at radius 3 is 2.59 bits per heavy atom. The van der Waals surface area contributed by atoms with Crippen LogP contribution in [0.2, 0.25) is 5.02 Å². The van der Waals surface area contributed by atoms with Crippen LogP contribution < -0.4 is 10.2 Å². The summed E-state index contributed by atoms with van der Waals surface area (Å²) >= 11 is 5.87. The van der Waals surface area contributed by atoms with Crippen molar-refractivity contribution in [1.82, 2.24) is 10.3 Å². The number of hydrazone groups is 1. The van der Waals surface area contributed by atoms with Gasteiger partial charge in [0.05, 0.1) is 11.2 Å². The summed E-state index contributed by atoms with van der Waals surface area (Å²) in [6.07, 6.45) is 2.80. The number of phenolic OH excluding ortho intramolecular Hbond substituents is 1. The van der Waals surface area contributed by atoms with Gasteiger partial charge < -0.3 is 19.5 Å². The monoisotopic (exact) mass is 551 g/mol. The number of carbonyl (C=O) groups excluding carboxylic acids is 3. The van der Waals surface area contributed by atoms with Crippen molar-refractivity contribution in [2.45, 2.75) is 45.3 Å². The van der Waals surface area contributed by atoms with Gasteiger partial charge in [0.2, 0.25) is 0 Å². The molecular formula is C29H30ClN3O6. The molecule has 2 amide bonds. The Morgan fingerprint density at radius 1 is 1.13 bits per heavy atom. The summed E-state index contributed by atoms with van der Waals surface area (Å²) in [6, 6.07) is 14.5. The van der Waals surface area contributed by atoms with Crippen LogP contribution in [0.1, 0.15) is 49.5 Å². The zero-order chi connectivity index (χ0) is 28.2. The van der Waals surface area contributed by atoms with E-state index in [0.717, 1.165) is 22.8 Å².